The van der Waals surface area contributed by atoms with Gasteiger partial charge in [0.2, 0.25) is 0 Å². The maximum absolute atomic E-state index is 12.8. The Balaban J connectivity index is 4.39. The number of rotatable bonds is 54. The molecule has 0 fully saturated rings. The first-order valence-electron chi connectivity index (χ1n) is 29.5. The molecule has 392 valence electrons. The molecule has 0 rings (SSSR count). The van der Waals surface area contributed by atoms with Crippen LogP contribution >= 0.6 is 0 Å². The highest BCUT2D eigenvalue weighted by Gasteiger charge is 2.19. The Kier molecular flexibility index (Phi) is 54.2. The smallest absolute Gasteiger partial charge is 0.306 e. The third-order valence-electron chi connectivity index (χ3n) is 13.1. The Labute approximate surface area is 416 Å². The van der Waals surface area contributed by atoms with Gasteiger partial charge < -0.3 is 14.2 Å². The molecule has 67 heavy (non-hydrogen) atoms. The van der Waals surface area contributed by atoms with Gasteiger partial charge >= 0.3 is 17.9 Å². The molecule has 0 unspecified atom stereocenters. The van der Waals surface area contributed by atoms with Crippen LogP contribution in [-0.4, -0.2) is 37.2 Å². The van der Waals surface area contributed by atoms with Crippen LogP contribution in [0.3, 0.4) is 0 Å². The molecule has 1 atom stereocenters. The molecule has 0 amide bonds. The van der Waals surface area contributed by atoms with E-state index in [0.29, 0.717) is 25.7 Å². The van der Waals surface area contributed by atoms with Crippen LogP contribution < -0.4 is 0 Å². The van der Waals surface area contributed by atoms with Crippen molar-refractivity contribution in [1.82, 2.24) is 0 Å². The lowest BCUT2D eigenvalue weighted by Gasteiger charge is -2.18. The van der Waals surface area contributed by atoms with Crippen LogP contribution in [0.1, 0.15) is 316 Å². The summed E-state index contributed by atoms with van der Waals surface area (Å²) in [7, 11) is 0. The van der Waals surface area contributed by atoms with Crippen LogP contribution in [0, 0.1) is 0 Å². The minimum absolute atomic E-state index is 0.0825. The first-order valence-corrected chi connectivity index (χ1v) is 29.5. The zero-order valence-corrected chi connectivity index (χ0v) is 44.9. The number of ether oxygens (including phenoxy) is 3. The third kappa shape index (κ3) is 54.4. The lowest BCUT2D eigenvalue weighted by Crippen LogP contribution is -2.30. The van der Waals surface area contributed by atoms with E-state index in [1.165, 1.54) is 212 Å². The molecule has 0 saturated heterocycles. The monoisotopic (exact) mass is 941 g/mol. The van der Waals surface area contributed by atoms with Crippen molar-refractivity contribution in [2.45, 2.75) is 322 Å². The highest BCUT2D eigenvalue weighted by molar-refractivity contribution is 5.71. The topological polar surface area (TPSA) is 78.9 Å². The number of carbonyl (C=O) groups excluding carboxylic acids is 3. The molecule has 0 heterocycles. The molecular formula is C61H112O6. The van der Waals surface area contributed by atoms with Crippen LogP contribution in [-0.2, 0) is 28.6 Å². The number of hydrogen-bond donors (Lipinski definition) is 0. The van der Waals surface area contributed by atoms with E-state index >= 15 is 0 Å². The summed E-state index contributed by atoms with van der Waals surface area (Å²) < 4.78 is 16.8. The van der Waals surface area contributed by atoms with Crippen molar-refractivity contribution in [3.05, 3.63) is 36.5 Å². The van der Waals surface area contributed by atoms with E-state index in [-0.39, 0.29) is 31.1 Å². The fourth-order valence-corrected chi connectivity index (χ4v) is 8.70. The number of unbranched alkanes of at least 4 members (excludes halogenated alkanes) is 37. The molecule has 6 nitrogen and oxygen atoms in total. The standard InChI is InChI=1S/C61H112O6/c1-4-7-10-13-16-19-22-25-28-30-33-35-38-41-44-47-50-53-59(62)65-56-58(67-61(64)55-52-49-46-43-40-37-32-27-24-21-18-15-12-9-6-3)57-66-60(63)54-51-48-45-42-39-36-34-31-29-26-23-20-17-14-11-8-5-2/h25,28,33,35,41,44,58H,4-24,26-27,29-32,34,36-40,42-43,45-57H2,1-3H3/b28-25-,35-33-,44-41-/t58-/m1/s1. The van der Waals surface area contributed by atoms with Gasteiger partial charge in [-0.25, -0.2) is 0 Å². The second-order valence-electron chi connectivity index (χ2n) is 19.9. The van der Waals surface area contributed by atoms with Gasteiger partial charge in [-0.15, -0.1) is 0 Å². The van der Waals surface area contributed by atoms with Crippen molar-refractivity contribution in [3.8, 4) is 0 Å². The Morgan fingerprint density at radius 2 is 0.552 bits per heavy atom. The zero-order chi connectivity index (χ0) is 48.6. The van der Waals surface area contributed by atoms with Gasteiger partial charge in [0.15, 0.2) is 6.10 Å². The van der Waals surface area contributed by atoms with E-state index in [2.05, 4.69) is 57.2 Å². The summed E-state index contributed by atoms with van der Waals surface area (Å²) in [6.07, 6.45) is 67.1. The van der Waals surface area contributed by atoms with Gasteiger partial charge in [0.1, 0.15) is 13.2 Å². The second kappa shape index (κ2) is 56.2. The van der Waals surface area contributed by atoms with Gasteiger partial charge in [-0.2, -0.15) is 0 Å². The molecule has 0 aliphatic carbocycles. The molecule has 0 aliphatic rings. The van der Waals surface area contributed by atoms with Crippen molar-refractivity contribution in [3.63, 3.8) is 0 Å². The second-order valence-corrected chi connectivity index (χ2v) is 19.9. The number of esters is 3. The number of allylic oxidation sites excluding steroid dienone is 6. The van der Waals surface area contributed by atoms with Crippen molar-refractivity contribution < 1.29 is 28.6 Å². The Morgan fingerprint density at radius 3 is 0.896 bits per heavy atom. The molecule has 0 aromatic heterocycles. The van der Waals surface area contributed by atoms with Gasteiger partial charge in [0.05, 0.1) is 0 Å². The van der Waals surface area contributed by atoms with Crippen LogP contribution in [0.25, 0.3) is 0 Å². The van der Waals surface area contributed by atoms with Gasteiger partial charge in [-0.05, 0) is 51.4 Å². The molecular weight excluding hydrogens is 829 g/mol. The largest absolute Gasteiger partial charge is 0.462 e. The quantitative estimate of drug-likeness (QED) is 0.0262. The number of carbonyl (C=O) groups is 3. The molecule has 0 aliphatic heterocycles. The zero-order valence-electron chi connectivity index (χ0n) is 44.9. The maximum atomic E-state index is 12.8. The average molecular weight is 942 g/mol. The normalized spacial score (nSPS) is 12.2. The highest BCUT2D eigenvalue weighted by atomic mass is 16.6. The summed E-state index contributed by atoms with van der Waals surface area (Å²) in [6.45, 7) is 6.64. The summed E-state index contributed by atoms with van der Waals surface area (Å²) >= 11 is 0. The van der Waals surface area contributed by atoms with E-state index in [4.69, 9.17) is 14.2 Å². The highest BCUT2D eigenvalue weighted by Crippen LogP contribution is 2.17. The van der Waals surface area contributed by atoms with Crippen LogP contribution in [0.15, 0.2) is 36.5 Å². The first kappa shape index (κ1) is 64.6. The first-order chi connectivity index (χ1) is 33.0. The summed E-state index contributed by atoms with van der Waals surface area (Å²) in [4.78, 5) is 38.1. The van der Waals surface area contributed by atoms with Gasteiger partial charge in [-0.1, -0.05) is 282 Å². The summed E-state index contributed by atoms with van der Waals surface area (Å²) in [5.74, 6) is -0.917. The van der Waals surface area contributed by atoms with Crippen molar-refractivity contribution in [1.29, 1.82) is 0 Å². The van der Waals surface area contributed by atoms with Crippen LogP contribution in [0.2, 0.25) is 0 Å². The molecule has 6 heteroatoms. The van der Waals surface area contributed by atoms with E-state index in [1.807, 2.05) is 0 Å². The molecule has 0 N–H and O–H groups in total. The molecule has 0 aromatic carbocycles. The van der Waals surface area contributed by atoms with Crippen molar-refractivity contribution in [2.75, 3.05) is 13.2 Å². The SMILES string of the molecule is CCCCCCCC/C=C\C/C=C\C/C=C\CCCC(=O)OC[C@H](COC(=O)CCCCCCCCCCCCCCCCCCC)OC(=O)CCCCCCCCCCCCCCCCC. The average Bonchev–Trinajstić information content (AvgIpc) is 3.33. The molecule has 0 bridgehead atoms. The molecule has 0 aromatic rings. The van der Waals surface area contributed by atoms with Crippen molar-refractivity contribution >= 4 is 17.9 Å². The fourth-order valence-electron chi connectivity index (χ4n) is 8.70. The van der Waals surface area contributed by atoms with Gasteiger partial charge in [0.25, 0.3) is 0 Å². The predicted molar refractivity (Wildman–Crippen MR) is 289 cm³/mol. The van der Waals surface area contributed by atoms with E-state index < -0.39 is 6.10 Å². The van der Waals surface area contributed by atoms with Crippen LogP contribution in [0.4, 0.5) is 0 Å². The third-order valence-corrected chi connectivity index (χ3v) is 13.1. The summed E-state index contributed by atoms with van der Waals surface area (Å²) in [5, 5.41) is 0. The fraction of sp³-hybridized carbons (Fsp3) is 0.852. The summed E-state index contributed by atoms with van der Waals surface area (Å²) in [6, 6.07) is 0. The minimum atomic E-state index is -0.788. The van der Waals surface area contributed by atoms with E-state index in [1.54, 1.807) is 0 Å². The Hall–Kier alpha value is -2.37. The Morgan fingerprint density at radius 1 is 0.299 bits per heavy atom. The summed E-state index contributed by atoms with van der Waals surface area (Å²) in [5.41, 5.74) is 0. The van der Waals surface area contributed by atoms with Gasteiger partial charge in [0, 0.05) is 19.3 Å². The Bertz CT molecular complexity index is 1130. The van der Waals surface area contributed by atoms with E-state index in [0.717, 1.165) is 57.8 Å². The lowest BCUT2D eigenvalue weighted by atomic mass is 10.0. The molecule has 0 radical (unpaired) electrons. The van der Waals surface area contributed by atoms with Crippen LogP contribution in [0.5, 0.6) is 0 Å². The predicted octanol–water partition coefficient (Wildman–Crippen LogP) is 19.7. The van der Waals surface area contributed by atoms with Gasteiger partial charge in [-0.3, -0.25) is 14.4 Å². The van der Waals surface area contributed by atoms with Crippen molar-refractivity contribution in [2.24, 2.45) is 0 Å². The number of hydrogen-bond acceptors (Lipinski definition) is 6. The molecule has 0 spiro atoms. The van der Waals surface area contributed by atoms with E-state index in [9.17, 15) is 14.4 Å². The maximum Gasteiger partial charge on any atom is 0.306 e. The molecule has 0 saturated carbocycles. The minimum Gasteiger partial charge on any atom is -0.462 e. The lowest BCUT2D eigenvalue weighted by molar-refractivity contribution is -0.167.